The summed E-state index contributed by atoms with van der Waals surface area (Å²) in [4.78, 5) is 153. The Morgan fingerprint density at radius 1 is 0.333 bits per heavy atom. The Balaban J connectivity index is 0.994. The molecule has 3 aromatic carbocycles. The van der Waals surface area contributed by atoms with Gasteiger partial charge in [0.15, 0.2) is 0 Å². The predicted molar refractivity (Wildman–Crippen MR) is 332 cm³/mol. The average Bonchev–Trinajstić information content (AvgIpc) is 0.829. The Bertz CT molecular complexity index is 3620. The molecule has 484 valence electrons. The lowest BCUT2D eigenvalue weighted by Gasteiger charge is -2.14. The summed E-state index contributed by atoms with van der Waals surface area (Å²) in [7, 11) is 0. The lowest BCUT2D eigenvalue weighted by atomic mass is 10.1. The van der Waals surface area contributed by atoms with Crippen molar-refractivity contribution in [2.24, 2.45) is 0 Å². The van der Waals surface area contributed by atoms with E-state index in [-0.39, 0.29) is 82.4 Å². The smallest absolute Gasteiger partial charge is 0.412 e. The molecule has 0 bridgehead atoms. The Hall–Kier alpha value is -10.1. The second-order valence-corrected chi connectivity index (χ2v) is 20.9. The number of carbonyl (C=O) groups excluding carboxylic acids is 6. The molecule has 0 fully saturated rings. The van der Waals surface area contributed by atoms with E-state index in [4.69, 9.17) is 28.4 Å². The summed E-state index contributed by atoms with van der Waals surface area (Å²) in [6, 6.07) is 22.2. The number of nitrogens with zero attached hydrogens (tertiary/aromatic N) is 6. The van der Waals surface area contributed by atoms with Gasteiger partial charge >= 0.3 is 70.3 Å². The standard InChI is InChI=1S/C63H79N9O18/c1-44(2)52(73)85-41-38-70-59(80)67(35-19-10-7-16-32-64-55(76)88-49-22-14-13-15-23-49)58(79)68(60(70)81)36-20-11-8-17-33-65-56(77)89-50-28-24-47(25-29-50)48-26-30-51(31-27-48)90-57(78)66-34-18-9-12-21-37-69-61(82)71(39-42-86-53(74)45(3)4)63(84)72(62(69)83)40-43-87-54(75)46(5)6/h13-15,22-31H,1,3,5,7-12,16-21,32-43H2,2,4,6H3,(H,64,76)(H,65,77)(H,66,78). The first-order chi connectivity index (χ1) is 43.2. The molecule has 3 amide bonds. The van der Waals surface area contributed by atoms with Crippen LogP contribution < -0.4 is 64.3 Å². The normalized spacial score (nSPS) is 10.8. The number of nitrogens with one attached hydrogen (secondary N) is 3. The van der Waals surface area contributed by atoms with Crippen molar-refractivity contribution in [3.05, 3.63) is 178 Å². The Kier molecular flexibility index (Phi) is 29.0. The summed E-state index contributed by atoms with van der Waals surface area (Å²) in [6.45, 7) is 13.9. The van der Waals surface area contributed by atoms with Gasteiger partial charge in [0.05, 0.1) is 19.6 Å². The molecule has 0 aliphatic carbocycles. The molecule has 5 aromatic rings. The summed E-state index contributed by atoms with van der Waals surface area (Å²) in [6.07, 6.45) is 4.75. The van der Waals surface area contributed by atoms with Crippen molar-refractivity contribution in [2.75, 3.05) is 39.5 Å². The monoisotopic (exact) mass is 1250 g/mol. The van der Waals surface area contributed by atoms with Crippen molar-refractivity contribution in [2.45, 2.75) is 137 Å². The zero-order chi connectivity index (χ0) is 65.5. The van der Waals surface area contributed by atoms with E-state index in [2.05, 4.69) is 35.7 Å². The van der Waals surface area contributed by atoms with Gasteiger partial charge in [-0.15, -0.1) is 0 Å². The van der Waals surface area contributed by atoms with Gasteiger partial charge in [0, 0.05) is 56.0 Å². The van der Waals surface area contributed by atoms with E-state index in [0.717, 1.165) is 38.5 Å². The Labute approximate surface area is 518 Å². The largest absolute Gasteiger partial charge is 0.460 e. The lowest BCUT2D eigenvalue weighted by molar-refractivity contribution is -0.140. The van der Waals surface area contributed by atoms with Crippen LogP contribution in [0.15, 0.2) is 144 Å². The first-order valence-corrected chi connectivity index (χ1v) is 29.7. The molecular weight excluding hydrogens is 1170 g/mol. The molecule has 0 atom stereocenters. The molecule has 0 saturated heterocycles. The maximum Gasteiger partial charge on any atom is 0.412 e. The lowest BCUT2D eigenvalue weighted by Crippen LogP contribution is -2.55. The van der Waals surface area contributed by atoms with Gasteiger partial charge in [0.25, 0.3) is 0 Å². The van der Waals surface area contributed by atoms with Crippen molar-refractivity contribution < 1.29 is 57.2 Å². The number of esters is 3. The van der Waals surface area contributed by atoms with Crippen LogP contribution in [0, 0.1) is 0 Å². The van der Waals surface area contributed by atoms with Gasteiger partial charge in [-0.2, -0.15) is 0 Å². The minimum atomic E-state index is -0.956. The molecule has 5 rings (SSSR count). The number of aromatic nitrogens is 6. The molecule has 3 N–H and O–H groups in total. The van der Waals surface area contributed by atoms with E-state index in [9.17, 15) is 57.5 Å². The van der Waals surface area contributed by atoms with Gasteiger partial charge in [-0.05, 0) is 107 Å². The van der Waals surface area contributed by atoms with Crippen molar-refractivity contribution in [3.8, 4) is 28.4 Å². The van der Waals surface area contributed by atoms with Crippen LogP contribution in [0.1, 0.15) is 97.8 Å². The molecule has 0 aliphatic rings. The van der Waals surface area contributed by atoms with Crippen molar-refractivity contribution in [1.82, 2.24) is 43.4 Å². The molecule has 2 heterocycles. The summed E-state index contributed by atoms with van der Waals surface area (Å²) < 4.78 is 36.7. The van der Waals surface area contributed by atoms with Gasteiger partial charge in [-0.3, -0.25) is 0 Å². The van der Waals surface area contributed by atoms with Crippen molar-refractivity contribution >= 4 is 36.2 Å². The number of unbranched alkanes of at least 4 members (excludes halogenated alkanes) is 9. The van der Waals surface area contributed by atoms with Crippen LogP contribution in [-0.4, -0.2) is 103 Å². The third-order valence-corrected chi connectivity index (χ3v) is 13.6. The first kappa shape index (κ1) is 70.7. The number of hydrogen-bond donors (Lipinski definition) is 3. The summed E-state index contributed by atoms with van der Waals surface area (Å²) >= 11 is 0. The van der Waals surface area contributed by atoms with Gasteiger partial charge in [-0.1, -0.05) is 101 Å². The highest BCUT2D eigenvalue weighted by atomic mass is 16.6. The SMILES string of the molecule is C=C(C)C(=O)OCCn1c(=O)n(CCCCCCNC(=O)Oc2ccccc2)c(=O)n(CCCCCCNC(=O)Oc2ccc(-c3ccc(OC(=O)NCCCCCCn4c(=O)n(CCOC(=O)C(=C)C)c(=O)n(CCOC(=O)C(=C)C)c4=O)cc3)cc2)c1=O. The molecule has 27 nitrogen and oxygen atoms in total. The van der Waals surface area contributed by atoms with Crippen molar-refractivity contribution in [1.29, 1.82) is 0 Å². The third-order valence-electron chi connectivity index (χ3n) is 13.6. The fourth-order valence-corrected chi connectivity index (χ4v) is 8.74. The van der Waals surface area contributed by atoms with Crippen LogP contribution in [0.5, 0.6) is 17.2 Å². The maximum absolute atomic E-state index is 13.6. The van der Waals surface area contributed by atoms with Gasteiger partial charge in [0.2, 0.25) is 0 Å². The molecule has 0 radical (unpaired) electrons. The van der Waals surface area contributed by atoms with E-state index in [0.29, 0.717) is 107 Å². The minimum Gasteiger partial charge on any atom is -0.460 e. The number of rotatable bonds is 37. The average molecular weight is 1250 g/mol. The van der Waals surface area contributed by atoms with Gasteiger partial charge in [0.1, 0.15) is 37.1 Å². The van der Waals surface area contributed by atoms with Crippen LogP contribution in [0.25, 0.3) is 11.1 Å². The Morgan fingerprint density at radius 3 is 0.844 bits per heavy atom. The zero-order valence-corrected chi connectivity index (χ0v) is 51.1. The molecule has 27 heteroatoms. The van der Waals surface area contributed by atoms with E-state index in [1.807, 2.05) is 6.07 Å². The zero-order valence-electron chi connectivity index (χ0n) is 51.1. The van der Waals surface area contributed by atoms with E-state index in [1.54, 1.807) is 72.8 Å². The fraction of sp³-hybridized carbons (Fsp3) is 0.429. The number of para-hydroxylation sites is 1. The molecule has 2 aromatic heterocycles. The quantitative estimate of drug-likeness (QED) is 0.0185. The molecular formula is C63H79N9O18. The van der Waals surface area contributed by atoms with Gasteiger partial charge < -0.3 is 44.4 Å². The predicted octanol–water partition coefficient (Wildman–Crippen LogP) is 5.73. The van der Waals surface area contributed by atoms with Crippen LogP contribution >= 0.6 is 0 Å². The number of carbonyl (C=O) groups is 6. The number of hydrogen-bond acceptors (Lipinski definition) is 18. The molecule has 0 saturated carbocycles. The number of ether oxygens (including phenoxy) is 6. The van der Waals surface area contributed by atoms with Gasteiger partial charge in [-0.25, -0.2) is 84.9 Å². The Morgan fingerprint density at radius 2 is 0.578 bits per heavy atom. The third kappa shape index (κ3) is 22.9. The van der Waals surface area contributed by atoms with Crippen LogP contribution in [0.3, 0.4) is 0 Å². The minimum absolute atomic E-state index is 0.0257. The fourth-order valence-electron chi connectivity index (χ4n) is 8.74. The maximum atomic E-state index is 13.6. The van der Waals surface area contributed by atoms with Crippen LogP contribution in [0.4, 0.5) is 14.4 Å². The summed E-state index contributed by atoms with van der Waals surface area (Å²) in [5.41, 5.74) is -3.11. The molecule has 90 heavy (non-hydrogen) atoms. The van der Waals surface area contributed by atoms with E-state index < -0.39 is 70.3 Å². The number of benzene rings is 3. The molecule has 0 aliphatic heterocycles. The van der Waals surface area contributed by atoms with E-state index in [1.165, 1.54) is 20.8 Å². The topological polar surface area (TPSA) is 326 Å². The highest BCUT2D eigenvalue weighted by Gasteiger charge is 2.19. The highest BCUT2D eigenvalue weighted by Crippen LogP contribution is 2.25. The first-order valence-electron chi connectivity index (χ1n) is 29.7. The van der Waals surface area contributed by atoms with Crippen LogP contribution in [0.2, 0.25) is 0 Å². The second-order valence-electron chi connectivity index (χ2n) is 20.9. The highest BCUT2D eigenvalue weighted by molar-refractivity contribution is 5.87. The number of amides is 3. The second kappa shape index (κ2) is 36.9. The van der Waals surface area contributed by atoms with E-state index >= 15 is 0 Å². The van der Waals surface area contributed by atoms with Crippen LogP contribution in [-0.2, 0) is 67.9 Å². The van der Waals surface area contributed by atoms with Crippen molar-refractivity contribution in [3.63, 3.8) is 0 Å². The summed E-state index contributed by atoms with van der Waals surface area (Å²) in [5, 5.41) is 8.09. The molecule has 0 spiro atoms. The summed E-state index contributed by atoms with van der Waals surface area (Å²) in [5.74, 6) is -1.10. The molecule has 0 unspecified atom stereocenters.